The highest BCUT2D eigenvalue weighted by atomic mass is 32.1. The van der Waals surface area contributed by atoms with Gasteiger partial charge in [-0.15, -0.1) is 11.3 Å². The van der Waals surface area contributed by atoms with E-state index in [1.54, 1.807) is 0 Å². The summed E-state index contributed by atoms with van der Waals surface area (Å²) in [6.45, 7) is 4.51. The van der Waals surface area contributed by atoms with E-state index in [-0.39, 0.29) is 0 Å². The maximum absolute atomic E-state index is 4.72. The summed E-state index contributed by atoms with van der Waals surface area (Å²) in [4.78, 5) is 4.72. The Balaban J connectivity index is 2.04. The second-order valence-corrected chi connectivity index (χ2v) is 5.32. The number of para-hydroxylation sites is 1. The zero-order valence-electron chi connectivity index (χ0n) is 8.73. The van der Waals surface area contributed by atoms with Gasteiger partial charge in [0.05, 0.1) is 15.2 Å². The van der Waals surface area contributed by atoms with Gasteiger partial charge in [0.15, 0.2) is 0 Å². The molecule has 2 aromatic rings. The van der Waals surface area contributed by atoms with Crippen LogP contribution in [0, 0.1) is 5.92 Å². The third-order valence-corrected chi connectivity index (χ3v) is 4.31. The summed E-state index contributed by atoms with van der Waals surface area (Å²) in [6.07, 6.45) is 0. The van der Waals surface area contributed by atoms with Gasteiger partial charge >= 0.3 is 0 Å². The monoisotopic (exact) mass is 218 g/mol. The van der Waals surface area contributed by atoms with E-state index >= 15 is 0 Å². The molecule has 0 radical (unpaired) electrons. The van der Waals surface area contributed by atoms with Gasteiger partial charge in [0.25, 0.3) is 0 Å². The molecule has 0 saturated carbocycles. The molecular formula is C12H14N2S. The van der Waals surface area contributed by atoms with Crippen LogP contribution in [0.2, 0.25) is 0 Å². The number of hydrogen-bond acceptors (Lipinski definition) is 3. The van der Waals surface area contributed by atoms with Crippen molar-refractivity contribution in [3.05, 3.63) is 29.3 Å². The van der Waals surface area contributed by atoms with E-state index < -0.39 is 0 Å². The zero-order valence-corrected chi connectivity index (χ0v) is 9.55. The molecule has 0 amide bonds. The van der Waals surface area contributed by atoms with Crippen molar-refractivity contribution in [2.75, 3.05) is 13.1 Å². The fraction of sp³-hybridized carbons (Fsp3) is 0.417. The molecule has 2 atom stereocenters. The predicted octanol–water partition coefficient (Wildman–Crippen LogP) is 2.62. The molecule has 0 aliphatic carbocycles. The summed E-state index contributed by atoms with van der Waals surface area (Å²) in [7, 11) is 0. The van der Waals surface area contributed by atoms with E-state index in [0.717, 1.165) is 18.6 Å². The topological polar surface area (TPSA) is 24.9 Å². The number of aromatic nitrogens is 1. The smallest absolute Gasteiger partial charge is 0.0985 e. The van der Waals surface area contributed by atoms with Gasteiger partial charge in [-0.1, -0.05) is 19.1 Å². The highest BCUT2D eigenvalue weighted by Crippen LogP contribution is 2.33. The molecule has 0 spiro atoms. The minimum Gasteiger partial charge on any atom is -0.316 e. The fourth-order valence-corrected chi connectivity index (χ4v) is 3.39. The van der Waals surface area contributed by atoms with Crippen LogP contribution < -0.4 is 5.32 Å². The van der Waals surface area contributed by atoms with Crippen molar-refractivity contribution in [2.45, 2.75) is 12.8 Å². The maximum Gasteiger partial charge on any atom is 0.0985 e. The number of nitrogens with zero attached hydrogens (tertiary/aromatic N) is 1. The molecule has 1 aliphatic rings. The number of nitrogens with one attached hydrogen (secondary N) is 1. The summed E-state index contributed by atoms with van der Waals surface area (Å²) in [6, 6.07) is 8.40. The van der Waals surface area contributed by atoms with Crippen LogP contribution in [0.5, 0.6) is 0 Å². The molecule has 1 N–H and O–H groups in total. The summed E-state index contributed by atoms with van der Waals surface area (Å²) < 4.78 is 1.31. The van der Waals surface area contributed by atoms with Crippen LogP contribution in [-0.4, -0.2) is 18.1 Å². The molecule has 15 heavy (non-hydrogen) atoms. The van der Waals surface area contributed by atoms with E-state index in [1.807, 2.05) is 11.3 Å². The lowest BCUT2D eigenvalue weighted by Crippen LogP contribution is -2.07. The number of hydrogen-bond donors (Lipinski definition) is 1. The predicted molar refractivity (Wildman–Crippen MR) is 64.4 cm³/mol. The van der Waals surface area contributed by atoms with E-state index in [9.17, 15) is 0 Å². The molecule has 3 heteroatoms. The lowest BCUT2D eigenvalue weighted by atomic mass is 9.99. The number of rotatable bonds is 1. The quantitative estimate of drug-likeness (QED) is 0.796. The minimum absolute atomic E-state index is 0.613. The Morgan fingerprint density at radius 2 is 2.20 bits per heavy atom. The Kier molecular flexibility index (Phi) is 2.22. The Bertz CT molecular complexity index is 444. The van der Waals surface area contributed by atoms with Gasteiger partial charge < -0.3 is 5.32 Å². The van der Waals surface area contributed by atoms with Crippen molar-refractivity contribution < 1.29 is 0 Å². The number of benzene rings is 1. The van der Waals surface area contributed by atoms with Crippen molar-refractivity contribution in [3.63, 3.8) is 0 Å². The standard InChI is InChI=1S/C12H14N2S/c1-8-6-13-7-9(8)12-14-10-4-2-3-5-11(10)15-12/h2-5,8-9,13H,6-7H2,1H3. The average molecular weight is 218 g/mol. The first-order valence-electron chi connectivity index (χ1n) is 5.41. The zero-order chi connectivity index (χ0) is 10.3. The molecule has 78 valence electrons. The normalized spacial score (nSPS) is 26.2. The van der Waals surface area contributed by atoms with Crippen LogP contribution in [0.4, 0.5) is 0 Å². The highest BCUT2D eigenvalue weighted by molar-refractivity contribution is 7.18. The van der Waals surface area contributed by atoms with Gasteiger partial charge in [-0.25, -0.2) is 4.98 Å². The highest BCUT2D eigenvalue weighted by Gasteiger charge is 2.27. The summed E-state index contributed by atoms with van der Waals surface area (Å²) >= 11 is 1.85. The molecule has 2 unspecified atom stereocenters. The van der Waals surface area contributed by atoms with E-state index in [2.05, 4.69) is 36.5 Å². The van der Waals surface area contributed by atoms with Gasteiger partial charge in [0.2, 0.25) is 0 Å². The first-order valence-corrected chi connectivity index (χ1v) is 6.22. The summed E-state index contributed by atoms with van der Waals surface area (Å²) in [5, 5.41) is 4.73. The Hall–Kier alpha value is -0.930. The van der Waals surface area contributed by atoms with Gasteiger partial charge in [-0.3, -0.25) is 0 Å². The molecule has 1 aromatic heterocycles. The van der Waals surface area contributed by atoms with E-state index in [4.69, 9.17) is 4.98 Å². The Labute approximate surface area is 93.3 Å². The number of thiazole rings is 1. The third-order valence-electron chi connectivity index (χ3n) is 3.15. The van der Waals surface area contributed by atoms with Gasteiger partial charge in [-0.2, -0.15) is 0 Å². The van der Waals surface area contributed by atoms with Crippen LogP contribution in [0.25, 0.3) is 10.2 Å². The van der Waals surface area contributed by atoms with Crippen molar-refractivity contribution in [1.29, 1.82) is 0 Å². The third kappa shape index (κ3) is 1.56. The van der Waals surface area contributed by atoms with Crippen LogP contribution in [0.15, 0.2) is 24.3 Å². The molecule has 2 heterocycles. The molecule has 0 bridgehead atoms. The van der Waals surface area contributed by atoms with Crippen LogP contribution in [-0.2, 0) is 0 Å². The lowest BCUT2D eigenvalue weighted by Gasteiger charge is -2.09. The molecule has 2 nitrogen and oxygen atoms in total. The van der Waals surface area contributed by atoms with Crippen LogP contribution in [0.3, 0.4) is 0 Å². The van der Waals surface area contributed by atoms with E-state index in [0.29, 0.717) is 11.8 Å². The summed E-state index contributed by atoms with van der Waals surface area (Å²) in [5.41, 5.74) is 1.15. The van der Waals surface area contributed by atoms with Crippen molar-refractivity contribution in [2.24, 2.45) is 5.92 Å². The van der Waals surface area contributed by atoms with Crippen molar-refractivity contribution in [3.8, 4) is 0 Å². The number of fused-ring (bicyclic) bond motifs is 1. The molecule has 1 saturated heterocycles. The van der Waals surface area contributed by atoms with Gasteiger partial charge in [0, 0.05) is 12.5 Å². The summed E-state index contributed by atoms with van der Waals surface area (Å²) in [5.74, 6) is 1.33. The second-order valence-electron chi connectivity index (χ2n) is 4.26. The molecular weight excluding hydrogens is 204 g/mol. The van der Waals surface area contributed by atoms with Crippen molar-refractivity contribution >= 4 is 21.6 Å². The SMILES string of the molecule is CC1CNCC1c1nc2ccccc2s1. The maximum atomic E-state index is 4.72. The molecule has 1 fully saturated rings. The van der Waals surface area contributed by atoms with Crippen LogP contribution >= 0.6 is 11.3 Å². The lowest BCUT2D eigenvalue weighted by molar-refractivity contribution is 0.570. The average Bonchev–Trinajstić information content (AvgIpc) is 2.82. The molecule has 1 aromatic carbocycles. The van der Waals surface area contributed by atoms with E-state index in [1.165, 1.54) is 9.71 Å². The first kappa shape index (κ1) is 9.31. The van der Waals surface area contributed by atoms with Gasteiger partial charge in [-0.05, 0) is 24.6 Å². The minimum atomic E-state index is 0.613. The Morgan fingerprint density at radius 1 is 1.33 bits per heavy atom. The second kappa shape index (κ2) is 3.58. The molecule has 3 rings (SSSR count). The molecule has 1 aliphatic heterocycles. The fourth-order valence-electron chi connectivity index (χ4n) is 2.19. The van der Waals surface area contributed by atoms with Gasteiger partial charge in [0.1, 0.15) is 0 Å². The largest absolute Gasteiger partial charge is 0.316 e. The Morgan fingerprint density at radius 3 is 2.93 bits per heavy atom. The first-order chi connectivity index (χ1) is 7.34. The van der Waals surface area contributed by atoms with Crippen LogP contribution in [0.1, 0.15) is 17.8 Å². The van der Waals surface area contributed by atoms with Crippen molar-refractivity contribution in [1.82, 2.24) is 10.3 Å².